The lowest BCUT2D eigenvalue weighted by molar-refractivity contribution is -0.137. The van der Waals surface area contributed by atoms with Crippen LogP contribution in [-0.2, 0) is 6.18 Å². The Morgan fingerprint density at radius 2 is 2.16 bits per heavy atom. The quantitative estimate of drug-likeness (QED) is 0.377. The molecule has 32 heavy (non-hydrogen) atoms. The molecule has 0 spiro atoms. The monoisotopic (exact) mass is 443 g/mol. The Labute approximate surface area is 185 Å². The van der Waals surface area contributed by atoms with E-state index in [1.165, 1.54) is 6.07 Å². The molecule has 2 heterocycles. The van der Waals surface area contributed by atoms with E-state index in [0.29, 0.717) is 36.6 Å². The molecule has 168 valence electrons. The molecule has 0 N–H and O–H groups in total. The number of nitrogens with zero attached hydrogens (tertiary/aromatic N) is 3. The van der Waals surface area contributed by atoms with Crippen molar-refractivity contribution in [2.75, 3.05) is 18.0 Å². The molecule has 1 saturated heterocycles. The summed E-state index contributed by atoms with van der Waals surface area (Å²) >= 11 is 0. The number of nitriles is 1. The van der Waals surface area contributed by atoms with Crippen molar-refractivity contribution in [1.82, 2.24) is 4.98 Å². The molecule has 5 nitrogen and oxygen atoms in total. The van der Waals surface area contributed by atoms with Gasteiger partial charge in [0.05, 0.1) is 23.4 Å². The summed E-state index contributed by atoms with van der Waals surface area (Å²) in [5.74, 6) is 1.33. The Morgan fingerprint density at radius 3 is 2.78 bits per heavy atom. The second kappa shape index (κ2) is 10.2. The number of halogens is 3. The molecule has 0 aliphatic carbocycles. The minimum absolute atomic E-state index is 0.143. The van der Waals surface area contributed by atoms with Crippen LogP contribution >= 0.6 is 0 Å². The predicted molar refractivity (Wildman–Crippen MR) is 115 cm³/mol. The SMILES string of the molecule is C=C/C(=C\CCC)Oc1ccc(N2CCC(Oc3ccc(C(F)(F)F)cn3)C2)c(C#N)c1. The van der Waals surface area contributed by atoms with E-state index in [1.807, 2.05) is 17.0 Å². The molecule has 0 bridgehead atoms. The number of hydrogen-bond acceptors (Lipinski definition) is 5. The fourth-order valence-corrected chi connectivity index (χ4v) is 3.36. The molecule has 8 heteroatoms. The number of hydrogen-bond donors (Lipinski definition) is 0. The lowest BCUT2D eigenvalue weighted by Crippen LogP contribution is -2.25. The Hall–Kier alpha value is -3.47. The van der Waals surface area contributed by atoms with Crippen LogP contribution in [0.3, 0.4) is 0 Å². The number of ether oxygens (including phenoxy) is 2. The molecule has 0 amide bonds. The second-order valence-corrected chi connectivity index (χ2v) is 7.35. The van der Waals surface area contributed by atoms with Gasteiger partial charge in [-0.3, -0.25) is 0 Å². The number of pyridine rings is 1. The first kappa shape index (κ1) is 23.2. The molecule has 1 aromatic heterocycles. The third kappa shape index (κ3) is 5.82. The number of alkyl halides is 3. The maximum Gasteiger partial charge on any atom is 0.417 e. The van der Waals surface area contributed by atoms with E-state index < -0.39 is 11.7 Å². The minimum atomic E-state index is -4.43. The zero-order valence-electron chi connectivity index (χ0n) is 17.7. The van der Waals surface area contributed by atoms with Crippen LogP contribution in [0.4, 0.5) is 18.9 Å². The van der Waals surface area contributed by atoms with Gasteiger partial charge in [-0.2, -0.15) is 18.4 Å². The Balaban J connectivity index is 1.66. The molecule has 3 rings (SSSR count). The standard InChI is InChI=1S/C24H24F3N3O2/c1-3-5-6-19(4-2)31-20-8-9-22(17(13-20)14-28)30-12-11-21(16-30)32-23-10-7-18(15-29-23)24(25,26)27/h4,6-10,13,15,21H,2-3,5,11-12,16H2,1H3/b19-6+. The van der Waals surface area contributed by atoms with Crippen molar-refractivity contribution in [3.63, 3.8) is 0 Å². The third-order valence-corrected chi connectivity index (χ3v) is 5.00. The zero-order valence-corrected chi connectivity index (χ0v) is 17.7. The second-order valence-electron chi connectivity index (χ2n) is 7.35. The summed E-state index contributed by atoms with van der Waals surface area (Å²) in [6.07, 6.45) is 2.19. The highest BCUT2D eigenvalue weighted by atomic mass is 19.4. The zero-order chi connectivity index (χ0) is 23.1. The van der Waals surface area contributed by atoms with Crippen LogP contribution in [0.5, 0.6) is 11.6 Å². The summed E-state index contributed by atoms with van der Waals surface area (Å²) in [7, 11) is 0. The first-order chi connectivity index (χ1) is 15.3. The lowest BCUT2D eigenvalue weighted by atomic mass is 10.1. The Kier molecular flexibility index (Phi) is 7.41. The van der Waals surface area contributed by atoms with Gasteiger partial charge in [0.1, 0.15) is 23.7 Å². The number of anilines is 1. The topological polar surface area (TPSA) is 58.4 Å². The number of benzene rings is 1. The fraction of sp³-hybridized carbons (Fsp3) is 0.333. The molecular weight excluding hydrogens is 419 g/mol. The van der Waals surface area contributed by atoms with Crippen LogP contribution in [0.25, 0.3) is 0 Å². The average Bonchev–Trinajstić information content (AvgIpc) is 3.24. The van der Waals surface area contributed by atoms with Gasteiger partial charge in [0.25, 0.3) is 0 Å². The molecule has 0 radical (unpaired) electrons. The van der Waals surface area contributed by atoms with Gasteiger partial charge >= 0.3 is 6.18 Å². The van der Waals surface area contributed by atoms with Gasteiger partial charge < -0.3 is 14.4 Å². The average molecular weight is 443 g/mol. The largest absolute Gasteiger partial charge is 0.472 e. The Morgan fingerprint density at radius 1 is 1.34 bits per heavy atom. The van der Waals surface area contributed by atoms with E-state index in [2.05, 4.69) is 24.6 Å². The van der Waals surface area contributed by atoms with Crippen LogP contribution in [0.1, 0.15) is 37.3 Å². The van der Waals surface area contributed by atoms with E-state index >= 15 is 0 Å². The highest BCUT2D eigenvalue weighted by Gasteiger charge is 2.31. The summed E-state index contributed by atoms with van der Waals surface area (Å²) in [4.78, 5) is 5.78. The van der Waals surface area contributed by atoms with Crippen molar-refractivity contribution < 1.29 is 22.6 Å². The number of unbranched alkanes of at least 4 members (excludes halogenated alkanes) is 1. The first-order valence-corrected chi connectivity index (χ1v) is 10.3. The van der Waals surface area contributed by atoms with Gasteiger partial charge in [0, 0.05) is 31.3 Å². The maximum atomic E-state index is 12.7. The van der Waals surface area contributed by atoms with Crippen LogP contribution < -0.4 is 14.4 Å². The van der Waals surface area contributed by atoms with Gasteiger partial charge in [-0.05, 0) is 36.8 Å². The van der Waals surface area contributed by atoms with Crippen molar-refractivity contribution in [3.8, 4) is 17.7 Å². The number of rotatable bonds is 8. The van der Waals surface area contributed by atoms with Gasteiger partial charge in [-0.25, -0.2) is 4.98 Å². The third-order valence-electron chi connectivity index (χ3n) is 5.00. The van der Waals surface area contributed by atoms with Crippen LogP contribution in [-0.4, -0.2) is 24.2 Å². The summed E-state index contributed by atoms with van der Waals surface area (Å²) in [5.41, 5.74) is 0.404. The molecule has 1 aromatic carbocycles. The van der Waals surface area contributed by atoms with Crippen molar-refractivity contribution in [3.05, 3.63) is 72.1 Å². The van der Waals surface area contributed by atoms with Gasteiger partial charge in [-0.1, -0.05) is 19.9 Å². The maximum absolute atomic E-state index is 12.7. The van der Waals surface area contributed by atoms with E-state index in [4.69, 9.17) is 9.47 Å². The number of aromatic nitrogens is 1. The van der Waals surface area contributed by atoms with Crippen LogP contribution in [0.2, 0.25) is 0 Å². The molecular formula is C24H24F3N3O2. The van der Waals surface area contributed by atoms with Gasteiger partial charge in [0.2, 0.25) is 5.88 Å². The van der Waals surface area contributed by atoms with E-state index in [0.717, 1.165) is 30.8 Å². The minimum Gasteiger partial charge on any atom is -0.472 e. The molecule has 1 fully saturated rings. The smallest absolute Gasteiger partial charge is 0.417 e. The predicted octanol–water partition coefficient (Wildman–Crippen LogP) is 5.88. The van der Waals surface area contributed by atoms with E-state index in [1.54, 1.807) is 18.2 Å². The fourth-order valence-electron chi connectivity index (χ4n) is 3.36. The summed E-state index contributed by atoms with van der Waals surface area (Å²) < 4.78 is 49.6. The van der Waals surface area contributed by atoms with Crippen molar-refractivity contribution in [1.29, 1.82) is 5.26 Å². The van der Waals surface area contributed by atoms with Gasteiger partial charge in [-0.15, -0.1) is 0 Å². The van der Waals surface area contributed by atoms with Crippen molar-refractivity contribution in [2.45, 2.75) is 38.5 Å². The van der Waals surface area contributed by atoms with Crippen molar-refractivity contribution in [2.24, 2.45) is 0 Å². The van der Waals surface area contributed by atoms with Gasteiger partial charge in [0.15, 0.2) is 0 Å². The van der Waals surface area contributed by atoms with E-state index in [9.17, 15) is 18.4 Å². The summed E-state index contributed by atoms with van der Waals surface area (Å²) in [6.45, 7) is 6.96. The molecule has 1 aliphatic heterocycles. The molecule has 2 aromatic rings. The van der Waals surface area contributed by atoms with E-state index in [-0.39, 0.29) is 12.0 Å². The highest BCUT2D eigenvalue weighted by Crippen LogP contribution is 2.31. The molecule has 1 aliphatic rings. The summed E-state index contributed by atoms with van der Waals surface area (Å²) in [5, 5.41) is 9.63. The van der Waals surface area contributed by atoms with Crippen LogP contribution in [0.15, 0.2) is 61.0 Å². The molecule has 1 unspecified atom stereocenters. The first-order valence-electron chi connectivity index (χ1n) is 10.3. The molecule has 0 saturated carbocycles. The van der Waals surface area contributed by atoms with Crippen LogP contribution in [0, 0.1) is 11.3 Å². The summed E-state index contributed by atoms with van der Waals surface area (Å²) in [6, 6.07) is 9.69. The molecule has 1 atom stereocenters. The lowest BCUT2D eigenvalue weighted by Gasteiger charge is -2.21. The number of allylic oxidation sites excluding steroid dienone is 2. The van der Waals surface area contributed by atoms with Crippen molar-refractivity contribution >= 4 is 5.69 Å². The normalized spacial score (nSPS) is 16.5. The Bertz CT molecular complexity index is 1010. The highest BCUT2D eigenvalue weighted by molar-refractivity contribution is 5.62.